The normalized spacial score (nSPS) is 11.7. The molecule has 12 aromatic rings. The van der Waals surface area contributed by atoms with Crippen LogP contribution in [0, 0.1) is 0 Å². The maximum atomic E-state index is 6.20. The van der Waals surface area contributed by atoms with Crippen LogP contribution in [0.2, 0.25) is 0 Å². The van der Waals surface area contributed by atoms with Gasteiger partial charge in [0, 0.05) is 43.9 Å². The molecule has 0 saturated heterocycles. The lowest BCUT2D eigenvalue weighted by Gasteiger charge is -2.16. The van der Waals surface area contributed by atoms with Crippen molar-refractivity contribution in [3.63, 3.8) is 0 Å². The Morgan fingerprint density at radius 2 is 0.950 bits per heavy atom. The Morgan fingerprint density at radius 1 is 0.317 bits per heavy atom. The van der Waals surface area contributed by atoms with E-state index in [1.165, 1.54) is 21.5 Å². The third-order valence-electron chi connectivity index (χ3n) is 11.6. The molecule has 3 aromatic heterocycles. The van der Waals surface area contributed by atoms with Crippen molar-refractivity contribution in [1.29, 1.82) is 0 Å². The van der Waals surface area contributed by atoms with Gasteiger partial charge in [0.2, 0.25) is 0 Å². The number of nitrogens with zero attached hydrogens (tertiary/aromatic N) is 4. The Bertz CT molecular complexity index is 3610. The summed E-state index contributed by atoms with van der Waals surface area (Å²) in [7, 11) is 0. The number of benzene rings is 9. The fourth-order valence-electron chi connectivity index (χ4n) is 8.74. The van der Waals surface area contributed by atoms with E-state index in [1.807, 2.05) is 48.5 Å². The molecular weight excluding hydrogens is 733 g/mol. The third kappa shape index (κ3) is 5.67. The highest BCUT2D eigenvalue weighted by Gasteiger charge is 2.20. The smallest absolute Gasteiger partial charge is 0.164 e. The predicted octanol–water partition coefficient (Wildman–Crippen LogP) is 14.4. The molecule has 12 rings (SSSR count). The zero-order valence-corrected chi connectivity index (χ0v) is 32.3. The minimum Gasteiger partial charge on any atom is -0.456 e. The van der Waals surface area contributed by atoms with Crippen LogP contribution >= 0.6 is 0 Å². The maximum absolute atomic E-state index is 6.20. The lowest BCUT2D eigenvalue weighted by atomic mass is 9.94. The van der Waals surface area contributed by atoms with Crippen LogP contribution < -0.4 is 0 Å². The topological polar surface area (TPSA) is 56.7 Å². The van der Waals surface area contributed by atoms with Gasteiger partial charge in [-0.2, -0.15) is 0 Å². The number of rotatable bonds is 6. The SMILES string of the molecule is c1ccc(-c2cccc(-c3cc(-n4c5ccccc5c5cc6ccccc6cc54)ccc3-c3nc(-c4ccccc4)nc(-c4ccc5oc6ccccc6c5c4)n3)c2)cc1. The molecule has 0 amide bonds. The quantitative estimate of drug-likeness (QED) is 0.169. The summed E-state index contributed by atoms with van der Waals surface area (Å²) in [5, 5.41) is 6.94. The monoisotopic (exact) mass is 766 g/mol. The summed E-state index contributed by atoms with van der Waals surface area (Å²) in [4.78, 5) is 15.7. The lowest BCUT2D eigenvalue weighted by Crippen LogP contribution is -2.02. The van der Waals surface area contributed by atoms with Gasteiger partial charge in [0.25, 0.3) is 0 Å². The summed E-state index contributed by atoms with van der Waals surface area (Å²) >= 11 is 0. The molecule has 3 heterocycles. The lowest BCUT2D eigenvalue weighted by molar-refractivity contribution is 0.669. The first-order chi connectivity index (χ1) is 29.7. The number of hydrogen-bond acceptors (Lipinski definition) is 4. The highest BCUT2D eigenvalue weighted by molar-refractivity contribution is 6.14. The Balaban J connectivity index is 1.12. The van der Waals surface area contributed by atoms with Gasteiger partial charge in [-0.1, -0.05) is 140 Å². The molecule has 0 N–H and O–H groups in total. The summed E-state index contributed by atoms with van der Waals surface area (Å²) < 4.78 is 8.59. The van der Waals surface area contributed by atoms with E-state index in [0.29, 0.717) is 17.5 Å². The second kappa shape index (κ2) is 13.8. The van der Waals surface area contributed by atoms with Crippen LogP contribution in [0.5, 0.6) is 0 Å². The van der Waals surface area contributed by atoms with Crippen molar-refractivity contribution in [3.05, 3.63) is 206 Å². The Hall–Kier alpha value is -8.15. The molecule has 60 heavy (non-hydrogen) atoms. The maximum Gasteiger partial charge on any atom is 0.164 e. The molecule has 0 radical (unpaired) electrons. The van der Waals surface area contributed by atoms with E-state index in [1.54, 1.807) is 0 Å². The molecule has 0 aliphatic heterocycles. The fourth-order valence-corrected chi connectivity index (χ4v) is 8.74. The van der Waals surface area contributed by atoms with Crippen molar-refractivity contribution in [3.8, 4) is 62.1 Å². The van der Waals surface area contributed by atoms with Gasteiger partial charge >= 0.3 is 0 Å². The fraction of sp³-hybridized carbons (Fsp3) is 0. The van der Waals surface area contributed by atoms with Crippen LogP contribution in [0.25, 0.3) is 117 Å². The number of para-hydroxylation sites is 2. The molecule has 9 aromatic carbocycles. The van der Waals surface area contributed by atoms with E-state index >= 15 is 0 Å². The molecule has 0 aliphatic rings. The van der Waals surface area contributed by atoms with Gasteiger partial charge < -0.3 is 8.98 Å². The van der Waals surface area contributed by atoms with Crippen LogP contribution in [-0.2, 0) is 0 Å². The second-order valence-corrected chi connectivity index (χ2v) is 15.2. The molecule has 5 heteroatoms. The first-order valence-corrected chi connectivity index (χ1v) is 20.2. The van der Waals surface area contributed by atoms with Gasteiger partial charge in [-0.15, -0.1) is 0 Å². The number of hydrogen-bond donors (Lipinski definition) is 0. The van der Waals surface area contributed by atoms with Crippen LogP contribution in [0.4, 0.5) is 0 Å². The van der Waals surface area contributed by atoms with E-state index < -0.39 is 0 Å². The van der Waals surface area contributed by atoms with E-state index in [0.717, 1.165) is 77.6 Å². The van der Waals surface area contributed by atoms with Crippen molar-refractivity contribution in [2.75, 3.05) is 0 Å². The van der Waals surface area contributed by atoms with Crippen molar-refractivity contribution in [2.45, 2.75) is 0 Å². The van der Waals surface area contributed by atoms with Gasteiger partial charge in [0.15, 0.2) is 17.5 Å². The first kappa shape index (κ1) is 33.9. The first-order valence-electron chi connectivity index (χ1n) is 20.2. The van der Waals surface area contributed by atoms with E-state index in [2.05, 4.69) is 162 Å². The number of fused-ring (bicyclic) bond motifs is 7. The molecule has 0 aliphatic carbocycles. The standard InChI is InChI=1S/C55H34N4O/c1-3-14-35(15-4-1)37-20-13-21-40(30-37)46-34-42(59-49-24-11-9-22-43(49)47-31-38-18-7-8-19-39(38)33-50(47)59)27-28-45(46)55-57-53(36-16-5-2-6-17-36)56-54(58-55)41-26-29-52-48(32-41)44-23-10-12-25-51(44)60-52/h1-34H. The van der Waals surface area contributed by atoms with Crippen molar-refractivity contribution < 1.29 is 4.42 Å². The highest BCUT2D eigenvalue weighted by Crippen LogP contribution is 2.40. The Kier molecular flexibility index (Phi) is 7.78. The second-order valence-electron chi connectivity index (χ2n) is 15.2. The molecule has 0 fully saturated rings. The van der Waals surface area contributed by atoms with Crippen molar-refractivity contribution in [2.24, 2.45) is 0 Å². The summed E-state index contributed by atoms with van der Waals surface area (Å²) in [6, 6.07) is 72.4. The predicted molar refractivity (Wildman–Crippen MR) is 246 cm³/mol. The molecule has 0 atom stereocenters. The van der Waals surface area contributed by atoms with Gasteiger partial charge in [-0.05, 0) is 99.8 Å². The number of aromatic nitrogens is 4. The van der Waals surface area contributed by atoms with Crippen molar-refractivity contribution in [1.82, 2.24) is 19.5 Å². The van der Waals surface area contributed by atoms with Gasteiger partial charge in [0.05, 0.1) is 11.0 Å². The average molecular weight is 767 g/mol. The summed E-state index contributed by atoms with van der Waals surface area (Å²) in [6.45, 7) is 0. The molecule has 0 unspecified atom stereocenters. The molecule has 0 spiro atoms. The Morgan fingerprint density at radius 3 is 1.78 bits per heavy atom. The summed E-state index contributed by atoms with van der Waals surface area (Å²) in [6.07, 6.45) is 0. The zero-order valence-electron chi connectivity index (χ0n) is 32.3. The molecular formula is C55H34N4O. The van der Waals surface area contributed by atoms with Crippen LogP contribution in [0.3, 0.4) is 0 Å². The van der Waals surface area contributed by atoms with Gasteiger partial charge in [-0.3, -0.25) is 0 Å². The average Bonchev–Trinajstić information content (AvgIpc) is 3.86. The highest BCUT2D eigenvalue weighted by atomic mass is 16.3. The van der Waals surface area contributed by atoms with Crippen LogP contribution in [0.15, 0.2) is 211 Å². The Labute approximate surface area is 345 Å². The number of furan rings is 1. The zero-order chi connectivity index (χ0) is 39.6. The molecule has 280 valence electrons. The van der Waals surface area contributed by atoms with Gasteiger partial charge in [0.1, 0.15) is 11.2 Å². The van der Waals surface area contributed by atoms with E-state index in [9.17, 15) is 0 Å². The van der Waals surface area contributed by atoms with Crippen LogP contribution in [-0.4, -0.2) is 19.5 Å². The van der Waals surface area contributed by atoms with Gasteiger partial charge in [-0.25, -0.2) is 15.0 Å². The minimum atomic E-state index is 0.591. The summed E-state index contributed by atoms with van der Waals surface area (Å²) in [5.41, 5.74) is 12.1. The van der Waals surface area contributed by atoms with E-state index in [-0.39, 0.29) is 0 Å². The third-order valence-corrected chi connectivity index (χ3v) is 11.6. The largest absolute Gasteiger partial charge is 0.456 e. The van der Waals surface area contributed by atoms with Crippen molar-refractivity contribution >= 4 is 54.5 Å². The van der Waals surface area contributed by atoms with Crippen LogP contribution in [0.1, 0.15) is 0 Å². The van der Waals surface area contributed by atoms with E-state index in [4.69, 9.17) is 19.4 Å². The minimum absolute atomic E-state index is 0.591. The molecule has 0 bridgehead atoms. The molecule has 0 saturated carbocycles. The summed E-state index contributed by atoms with van der Waals surface area (Å²) in [5.74, 6) is 1.79. The molecule has 5 nitrogen and oxygen atoms in total.